The topological polar surface area (TPSA) is 51.2 Å². The van der Waals surface area contributed by atoms with E-state index in [-0.39, 0.29) is 17.3 Å². The van der Waals surface area contributed by atoms with E-state index < -0.39 is 11.9 Å². The van der Waals surface area contributed by atoms with Gasteiger partial charge in [0.25, 0.3) is 0 Å². The summed E-state index contributed by atoms with van der Waals surface area (Å²) in [6.45, 7) is -1.23. The van der Waals surface area contributed by atoms with Crippen molar-refractivity contribution in [3.8, 4) is 5.75 Å². The van der Waals surface area contributed by atoms with Crippen molar-refractivity contribution in [1.82, 2.24) is 4.98 Å². The van der Waals surface area contributed by atoms with Crippen molar-refractivity contribution in [3.05, 3.63) is 60.7 Å². The molecule has 7 heteroatoms. The Morgan fingerprint density at radius 1 is 1.08 bits per heavy atom. The van der Waals surface area contributed by atoms with E-state index in [1.165, 1.54) is 23.9 Å². The summed E-state index contributed by atoms with van der Waals surface area (Å²) >= 11 is 1.29. The fourth-order valence-corrected chi connectivity index (χ4v) is 3.18. The van der Waals surface area contributed by atoms with Gasteiger partial charge in [-0.05, 0) is 31.2 Å². The van der Waals surface area contributed by atoms with Crippen LogP contribution in [0.25, 0.3) is 10.9 Å². The van der Waals surface area contributed by atoms with Crippen molar-refractivity contribution in [2.24, 2.45) is 0 Å². The number of amides is 1. The molecule has 0 saturated carbocycles. The van der Waals surface area contributed by atoms with E-state index in [4.69, 9.17) is 0 Å². The molecular formula is C19H16F2N2O2S. The van der Waals surface area contributed by atoms with Gasteiger partial charge in [0.2, 0.25) is 5.91 Å². The average molecular weight is 374 g/mol. The Hall–Kier alpha value is -2.67. The second-order valence-electron chi connectivity index (χ2n) is 5.47. The first-order chi connectivity index (χ1) is 12.5. The molecule has 1 aromatic heterocycles. The number of carbonyl (C=O) groups excluding carboxylic acids is 1. The number of para-hydroxylation sites is 3. The van der Waals surface area contributed by atoms with Crippen LogP contribution in [0.5, 0.6) is 5.75 Å². The number of rotatable bonds is 6. The quantitative estimate of drug-likeness (QED) is 0.620. The van der Waals surface area contributed by atoms with Gasteiger partial charge in [0, 0.05) is 5.39 Å². The number of benzene rings is 2. The molecule has 0 radical (unpaired) electrons. The van der Waals surface area contributed by atoms with Gasteiger partial charge in [0.1, 0.15) is 5.75 Å². The van der Waals surface area contributed by atoms with Crippen LogP contribution in [0.15, 0.2) is 65.7 Å². The zero-order valence-corrected chi connectivity index (χ0v) is 14.7. The number of pyridine rings is 1. The van der Waals surface area contributed by atoms with E-state index in [1.807, 2.05) is 36.4 Å². The second-order valence-corrected chi connectivity index (χ2v) is 6.83. The summed E-state index contributed by atoms with van der Waals surface area (Å²) in [6, 6.07) is 17.6. The van der Waals surface area contributed by atoms with E-state index in [1.54, 1.807) is 19.1 Å². The van der Waals surface area contributed by atoms with Gasteiger partial charge in [-0.2, -0.15) is 8.78 Å². The summed E-state index contributed by atoms with van der Waals surface area (Å²) in [7, 11) is 0. The number of aromatic nitrogens is 1. The molecule has 1 atom stereocenters. The zero-order chi connectivity index (χ0) is 18.5. The van der Waals surface area contributed by atoms with Crippen LogP contribution in [0.2, 0.25) is 0 Å². The maximum Gasteiger partial charge on any atom is 0.387 e. The molecule has 26 heavy (non-hydrogen) atoms. The number of carbonyl (C=O) groups is 1. The number of fused-ring (bicyclic) bond motifs is 1. The Balaban J connectivity index is 1.69. The van der Waals surface area contributed by atoms with Crippen molar-refractivity contribution < 1.29 is 18.3 Å². The summed E-state index contributed by atoms with van der Waals surface area (Å²) in [5, 5.41) is 3.89. The van der Waals surface area contributed by atoms with Gasteiger partial charge >= 0.3 is 6.61 Å². The molecule has 0 aliphatic carbocycles. The lowest BCUT2D eigenvalue weighted by Gasteiger charge is -2.14. The number of thioether (sulfide) groups is 1. The third kappa shape index (κ3) is 4.49. The van der Waals surface area contributed by atoms with Crippen LogP contribution in [-0.4, -0.2) is 22.8 Å². The number of alkyl halides is 2. The van der Waals surface area contributed by atoms with Gasteiger partial charge in [-0.1, -0.05) is 48.2 Å². The zero-order valence-electron chi connectivity index (χ0n) is 13.9. The molecule has 0 fully saturated rings. The first kappa shape index (κ1) is 18.1. The second kappa shape index (κ2) is 8.14. The van der Waals surface area contributed by atoms with Crippen LogP contribution in [0, 0.1) is 0 Å². The molecule has 4 nitrogen and oxygen atoms in total. The fraction of sp³-hybridized carbons (Fsp3) is 0.158. The molecule has 1 heterocycles. The van der Waals surface area contributed by atoms with Crippen LogP contribution in [0.4, 0.5) is 14.5 Å². The molecule has 1 N–H and O–H groups in total. The number of anilines is 1. The molecule has 0 aliphatic heterocycles. The highest BCUT2D eigenvalue weighted by atomic mass is 32.2. The number of ether oxygens (including phenoxy) is 1. The summed E-state index contributed by atoms with van der Waals surface area (Å²) in [4.78, 5) is 16.9. The molecule has 2 aromatic carbocycles. The van der Waals surface area contributed by atoms with Crippen molar-refractivity contribution in [3.63, 3.8) is 0 Å². The Kier molecular flexibility index (Phi) is 5.68. The molecule has 0 bridgehead atoms. The first-order valence-corrected chi connectivity index (χ1v) is 8.78. The highest BCUT2D eigenvalue weighted by Crippen LogP contribution is 2.28. The van der Waals surface area contributed by atoms with Gasteiger partial charge < -0.3 is 10.1 Å². The molecule has 1 unspecified atom stereocenters. The molecule has 3 aromatic rings. The smallest absolute Gasteiger partial charge is 0.387 e. The molecule has 3 rings (SSSR count). The lowest BCUT2D eigenvalue weighted by Crippen LogP contribution is -2.23. The summed E-state index contributed by atoms with van der Waals surface area (Å²) in [6.07, 6.45) is 0. The van der Waals surface area contributed by atoms with Crippen LogP contribution < -0.4 is 10.1 Å². The molecular weight excluding hydrogens is 358 g/mol. The SMILES string of the molecule is CC(Sc1ccc2ccccc2n1)C(=O)Nc1ccccc1OC(F)F. The van der Waals surface area contributed by atoms with Crippen LogP contribution >= 0.6 is 11.8 Å². The Labute approximate surface area is 153 Å². The Morgan fingerprint density at radius 2 is 1.81 bits per heavy atom. The first-order valence-electron chi connectivity index (χ1n) is 7.90. The number of nitrogens with one attached hydrogen (secondary N) is 1. The third-order valence-corrected chi connectivity index (χ3v) is 4.64. The number of nitrogens with zero attached hydrogens (tertiary/aromatic N) is 1. The molecule has 0 saturated heterocycles. The van der Waals surface area contributed by atoms with Crippen LogP contribution in [0.1, 0.15) is 6.92 Å². The van der Waals surface area contributed by atoms with Gasteiger partial charge in [-0.15, -0.1) is 0 Å². The van der Waals surface area contributed by atoms with Crippen molar-refractivity contribution in [2.45, 2.75) is 23.8 Å². The van der Waals surface area contributed by atoms with Crippen molar-refractivity contribution >= 4 is 34.3 Å². The van der Waals surface area contributed by atoms with Gasteiger partial charge in [0.05, 0.1) is 21.5 Å². The molecule has 0 aliphatic rings. The summed E-state index contributed by atoms with van der Waals surface area (Å²) < 4.78 is 29.4. The Bertz CT molecular complexity index is 921. The fourth-order valence-electron chi connectivity index (χ4n) is 2.35. The Morgan fingerprint density at radius 3 is 2.62 bits per heavy atom. The predicted molar refractivity (Wildman–Crippen MR) is 98.8 cm³/mol. The predicted octanol–water partition coefficient (Wildman–Crippen LogP) is 4.96. The minimum Gasteiger partial charge on any atom is -0.433 e. The van der Waals surface area contributed by atoms with Crippen molar-refractivity contribution in [1.29, 1.82) is 0 Å². The number of hydrogen-bond acceptors (Lipinski definition) is 4. The maximum atomic E-state index is 12.5. The van der Waals surface area contributed by atoms with E-state index >= 15 is 0 Å². The van der Waals surface area contributed by atoms with Gasteiger partial charge in [-0.3, -0.25) is 4.79 Å². The highest BCUT2D eigenvalue weighted by molar-refractivity contribution is 8.00. The molecule has 1 amide bonds. The standard InChI is InChI=1S/C19H16F2N2O2S/c1-12(26-17-11-10-13-6-2-3-7-14(13)22-17)18(24)23-15-8-4-5-9-16(15)25-19(20)21/h2-12,19H,1H3,(H,23,24). The lowest BCUT2D eigenvalue weighted by molar-refractivity contribution is -0.115. The third-order valence-electron chi connectivity index (χ3n) is 3.60. The van der Waals surface area contributed by atoms with E-state index in [0.717, 1.165) is 10.9 Å². The normalized spacial score (nSPS) is 12.2. The largest absolute Gasteiger partial charge is 0.433 e. The summed E-state index contributed by atoms with van der Waals surface area (Å²) in [5.74, 6) is -0.396. The van der Waals surface area contributed by atoms with Crippen LogP contribution in [-0.2, 0) is 4.79 Å². The van der Waals surface area contributed by atoms with Crippen LogP contribution in [0.3, 0.4) is 0 Å². The lowest BCUT2D eigenvalue weighted by atomic mass is 10.2. The number of halogens is 2. The summed E-state index contributed by atoms with van der Waals surface area (Å²) in [5.41, 5.74) is 1.05. The van der Waals surface area contributed by atoms with E-state index in [9.17, 15) is 13.6 Å². The van der Waals surface area contributed by atoms with E-state index in [2.05, 4.69) is 15.0 Å². The highest BCUT2D eigenvalue weighted by Gasteiger charge is 2.18. The van der Waals surface area contributed by atoms with Gasteiger partial charge in [-0.25, -0.2) is 4.98 Å². The van der Waals surface area contributed by atoms with E-state index in [0.29, 0.717) is 5.03 Å². The minimum atomic E-state index is -2.96. The minimum absolute atomic E-state index is 0.0723. The molecule has 134 valence electrons. The molecule has 0 spiro atoms. The van der Waals surface area contributed by atoms with Crippen molar-refractivity contribution in [2.75, 3.05) is 5.32 Å². The average Bonchev–Trinajstić information content (AvgIpc) is 2.62. The monoisotopic (exact) mass is 374 g/mol. The van der Waals surface area contributed by atoms with Gasteiger partial charge in [0.15, 0.2) is 0 Å². The maximum absolute atomic E-state index is 12.5. The number of hydrogen-bond donors (Lipinski definition) is 1.